The predicted octanol–water partition coefficient (Wildman–Crippen LogP) is 1.92. The number of carbonyl (C=O) groups excluding carboxylic acids is 1. The van der Waals surface area contributed by atoms with Crippen molar-refractivity contribution in [3.63, 3.8) is 0 Å². The zero-order valence-electron chi connectivity index (χ0n) is 9.13. The second-order valence-electron chi connectivity index (χ2n) is 4.32. The molecule has 0 aliphatic carbocycles. The van der Waals surface area contributed by atoms with E-state index in [1.165, 1.54) is 0 Å². The average molecular weight is 198 g/mol. The van der Waals surface area contributed by atoms with E-state index in [4.69, 9.17) is 9.47 Å². The van der Waals surface area contributed by atoms with Crippen molar-refractivity contribution in [3.05, 3.63) is 12.2 Å². The van der Waals surface area contributed by atoms with Gasteiger partial charge in [-0.15, -0.1) is 0 Å². The zero-order chi connectivity index (χ0) is 10.8. The smallest absolute Gasteiger partial charge is 0.333 e. The Balaban J connectivity index is 2.16. The molecule has 1 aliphatic rings. The number of rotatable bonds is 4. The molecule has 0 aromatic heterocycles. The van der Waals surface area contributed by atoms with Crippen LogP contribution in [-0.2, 0) is 14.3 Å². The third-order valence-corrected chi connectivity index (χ3v) is 2.69. The van der Waals surface area contributed by atoms with Crippen LogP contribution in [0.1, 0.15) is 27.2 Å². The minimum atomic E-state index is -0.303. The highest BCUT2D eigenvalue weighted by molar-refractivity contribution is 5.86. The fraction of sp³-hybridized carbons (Fsp3) is 0.727. The topological polar surface area (TPSA) is 35.5 Å². The maximum atomic E-state index is 11.0. The predicted molar refractivity (Wildman–Crippen MR) is 53.9 cm³/mol. The van der Waals surface area contributed by atoms with Crippen molar-refractivity contribution >= 4 is 5.97 Å². The highest BCUT2D eigenvalue weighted by atomic mass is 16.5. The molecule has 0 bridgehead atoms. The van der Waals surface area contributed by atoms with Crippen LogP contribution >= 0.6 is 0 Å². The quantitative estimate of drug-likeness (QED) is 0.511. The Labute approximate surface area is 85.1 Å². The molecule has 80 valence electrons. The van der Waals surface area contributed by atoms with Gasteiger partial charge in [0.05, 0.1) is 18.8 Å². The first kappa shape index (κ1) is 11.2. The Hall–Kier alpha value is -0.830. The van der Waals surface area contributed by atoms with E-state index in [0.717, 1.165) is 13.0 Å². The van der Waals surface area contributed by atoms with E-state index in [0.29, 0.717) is 18.1 Å². The summed E-state index contributed by atoms with van der Waals surface area (Å²) in [5.41, 5.74) is 0.407. The van der Waals surface area contributed by atoms with E-state index >= 15 is 0 Å². The molecule has 0 saturated carbocycles. The summed E-state index contributed by atoms with van der Waals surface area (Å²) >= 11 is 0. The lowest BCUT2D eigenvalue weighted by Crippen LogP contribution is -2.49. The van der Waals surface area contributed by atoms with Crippen LogP contribution in [0.25, 0.3) is 0 Å². The minimum absolute atomic E-state index is 0.0460. The Morgan fingerprint density at radius 1 is 1.64 bits per heavy atom. The molecule has 1 fully saturated rings. The SMILES string of the molecule is C=C(C)C(=O)OCCC1COC1(C)C. The van der Waals surface area contributed by atoms with E-state index < -0.39 is 0 Å². The molecule has 1 heterocycles. The Kier molecular flexibility index (Phi) is 3.32. The second-order valence-corrected chi connectivity index (χ2v) is 4.32. The second kappa shape index (κ2) is 4.13. The van der Waals surface area contributed by atoms with Gasteiger partial charge in [0.2, 0.25) is 0 Å². The van der Waals surface area contributed by atoms with Gasteiger partial charge in [0, 0.05) is 11.5 Å². The fourth-order valence-electron chi connectivity index (χ4n) is 1.38. The first-order valence-electron chi connectivity index (χ1n) is 4.90. The molecule has 0 N–H and O–H groups in total. The minimum Gasteiger partial charge on any atom is -0.462 e. The highest BCUT2D eigenvalue weighted by Crippen LogP contribution is 2.34. The molecule has 14 heavy (non-hydrogen) atoms. The van der Waals surface area contributed by atoms with Gasteiger partial charge < -0.3 is 9.47 Å². The number of ether oxygens (including phenoxy) is 2. The summed E-state index contributed by atoms with van der Waals surface area (Å²) < 4.78 is 10.4. The van der Waals surface area contributed by atoms with Gasteiger partial charge in [-0.3, -0.25) is 0 Å². The average Bonchev–Trinajstić information content (AvgIpc) is 2.10. The van der Waals surface area contributed by atoms with Crippen LogP contribution in [0.4, 0.5) is 0 Å². The van der Waals surface area contributed by atoms with Gasteiger partial charge in [-0.25, -0.2) is 4.79 Å². The lowest BCUT2D eigenvalue weighted by molar-refractivity contribution is -0.187. The van der Waals surface area contributed by atoms with Crippen LogP contribution in [0.2, 0.25) is 0 Å². The molecule has 0 aromatic carbocycles. The molecule has 0 radical (unpaired) electrons. The van der Waals surface area contributed by atoms with Gasteiger partial charge in [-0.2, -0.15) is 0 Å². The molecular formula is C11H18O3. The molecule has 3 nitrogen and oxygen atoms in total. The van der Waals surface area contributed by atoms with Gasteiger partial charge in [0.1, 0.15) is 0 Å². The number of esters is 1. The van der Waals surface area contributed by atoms with Gasteiger partial charge in [-0.1, -0.05) is 6.58 Å². The van der Waals surface area contributed by atoms with Gasteiger partial charge in [0.15, 0.2) is 0 Å². The summed E-state index contributed by atoms with van der Waals surface area (Å²) in [5, 5.41) is 0. The lowest BCUT2D eigenvalue weighted by Gasteiger charge is -2.44. The van der Waals surface area contributed by atoms with Crippen LogP contribution in [0, 0.1) is 5.92 Å². The standard InChI is InChI=1S/C11H18O3/c1-8(2)10(12)13-6-5-9-7-14-11(9,3)4/h9H,1,5-7H2,2-4H3. The van der Waals surface area contributed by atoms with Gasteiger partial charge >= 0.3 is 5.97 Å². The van der Waals surface area contributed by atoms with E-state index in [9.17, 15) is 4.79 Å². The van der Waals surface area contributed by atoms with Crippen molar-refractivity contribution in [3.8, 4) is 0 Å². The fourth-order valence-corrected chi connectivity index (χ4v) is 1.38. The Morgan fingerprint density at radius 2 is 2.29 bits per heavy atom. The normalized spacial score (nSPS) is 23.8. The molecule has 0 spiro atoms. The summed E-state index contributed by atoms with van der Waals surface area (Å²) in [6.07, 6.45) is 0.867. The first-order chi connectivity index (χ1) is 6.43. The van der Waals surface area contributed by atoms with E-state index in [1.807, 2.05) is 0 Å². The maximum Gasteiger partial charge on any atom is 0.333 e. The Bertz CT molecular complexity index is 243. The van der Waals surface area contributed by atoms with E-state index in [1.54, 1.807) is 6.92 Å². The number of carbonyl (C=O) groups is 1. The van der Waals surface area contributed by atoms with Crippen LogP contribution in [-0.4, -0.2) is 24.8 Å². The molecule has 1 unspecified atom stereocenters. The monoisotopic (exact) mass is 198 g/mol. The molecular weight excluding hydrogens is 180 g/mol. The molecule has 1 rings (SSSR count). The lowest BCUT2D eigenvalue weighted by atomic mass is 9.84. The molecule has 1 atom stereocenters. The number of hydrogen-bond acceptors (Lipinski definition) is 3. The van der Waals surface area contributed by atoms with Gasteiger partial charge in [0.25, 0.3) is 0 Å². The molecule has 1 aliphatic heterocycles. The molecule has 0 amide bonds. The first-order valence-corrected chi connectivity index (χ1v) is 4.90. The summed E-state index contributed by atoms with van der Waals surface area (Å²) in [5.74, 6) is 0.198. The van der Waals surface area contributed by atoms with Crippen LogP contribution in [0.15, 0.2) is 12.2 Å². The molecule has 1 saturated heterocycles. The van der Waals surface area contributed by atoms with Crippen molar-refractivity contribution in [1.82, 2.24) is 0 Å². The third kappa shape index (κ3) is 2.58. The van der Waals surface area contributed by atoms with Crippen LogP contribution < -0.4 is 0 Å². The highest BCUT2D eigenvalue weighted by Gasteiger charge is 2.39. The van der Waals surface area contributed by atoms with E-state index in [2.05, 4.69) is 20.4 Å². The molecule has 0 aromatic rings. The van der Waals surface area contributed by atoms with Crippen molar-refractivity contribution < 1.29 is 14.3 Å². The summed E-state index contributed by atoms with van der Waals surface area (Å²) in [6.45, 7) is 10.5. The summed E-state index contributed by atoms with van der Waals surface area (Å²) in [7, 11) is 0. The van der Waals surface area contributed by atoms with Crippen molar-refractivity contribution in [2.24, 2.45) is 5.92 Å². The summed E-state index contributed by atoms with van der Waals surface area (Å²) in [6, 6.07) is 0. The van der Waals surface area contributed by atoms with Crippen molar-refractivity contribution in [1.29, 1.82) is 0 Å². The largest absolute Gasteiger partial charge is 0.462 e. The van der Waals surface area contributed by atoms with Crippen molar-refractivity contribution in [2.75, 3.05) is 13.2 Å². The maximum absolute atomic E-state index is 11.0. The number of hydrogen-bond donors (Lipinski definition) is 0. The summed E-state index contributed by atoms with van der Waals surface area (Å²) in [4.78, 5) is 11.0. The van der Waals surface area contributed by atoms with Crippen molar-refractivity contribution in [2.45, 2.75) is 32.8 Å². The van der Waals surface area contributed by atoms with Crippen LogP contribution in [0.5, 0.6) is 0 Å². The molecule has 3 heteroatoms. The van der Waals surface area contributed by atoms with Crippen LogP contribution in [0.3, 0.4) is 0 Å². The third-order valence-electron chi connectivity index (χ3n) is 2.69. The van der Waals surface area contributed by atoms with E-state index in [-0.39, 0.29) is 11.6 Å². The Morgan fingerprint density at radius 3 is 2.64 bits per heavy atom. The zero-order valence-corrected chi connectivity index (χ0v) is 9.13. The van der Waals surface area contributed by atoms with Gasteiger partial charge in [-0.05, 0) is 27.2 Å².